The molecule has 1 N–H and O–H groups in total. The molecule has 0 aliphatic heterocycles. The van der Waals surface area contributed by atoms with Crippen LogP contribution in [0.2, 0.25) is 0 Å². The summed E-state index contributed by atoms with van der Waals surface area (Å²) in [7, 11) is 0. The second kappa shape index (κ2) is 10.6. The van der Waals surface area contributed by atoms with Crippen molar-refractivity contribution in [2.45, 2.75) is 39.5 Å². The van der Waals surface area contributed by atoms with E-state index < -0.39 is 0 Å². The number of nitrogens with zero attached hydrogens (tertiary/aromatic N) is 1. The fraction of sp³-hybridized carbons (Fsp3) is 0.421. The molecule has 0 atom stereocenters. The monoisotopic (exact) mass is 376 g/mol. The van der Waals surface area contributed by atoms with Crippen LogP contribution in [0.3, 0.4) is 0 Å². The van der Waals surface area contributed by atoms with Gasteiger partial charge in [0.15, 0.2) is 5.13 Å². The normalized spacial score (nSPS) is 10.4. The van der Waals surface area contributed by atoms with E-state index in [0.717, 1.165) is 19.3 Å². The zero-order chi connectivity index (χ0) is 18.8. The number of thiazole rings is 1. The molecule has 1 amide bonds. The number of esters is 1. The average molecular weight is 376 g/mol. The molecule has 0 aliphatic rings. The fourth-order valence-electron chi connectivity index (χ4n) is 2.24. The van der Waals surface area contributed by atoms with Gasteiger partial charge in [-0.05, 0) is 31.5 Å². The van der Waals surface area contributed by atoms with Crippen LogP contribution in [0.25, 0.3) is 0 Å². The van der Waals surface area contributed by atoms with Gasteiger partial charge >= 0.3 is 5.97 Å². The third-order valence-corrected chi connectivity index (χ3v) is 4.32. The van der Waals surface area contributed by atoms with Crippen LogP contribution in [0.15, 0.2) is 29.6 Å². The summed E-state index contributed by atoms with van der Waals surface area (Å²) in [6, 6.07) is 7.07. The number of hydrogen-bond acceptors (Lipinski definition) is 6. The molecule has 1 aromatic heterocycles. The molecule has 0 saturated heterocycles. The minimum absolute atomic E-state index is 0.0985. The fourth-order valence-corrected chi connectivity index (χ4v) is 2.95. The number of amides is 1. The van der Waals surface area contributed by atoms with Crippen molar-refractivity contribution in [1.29, 1.82) is 0 Å². The van der Waals surface area contributed by atoms with Crippen LogP contribution in [0.1, 0.15) is 49.2 Å². The zero-order valence-corrected chi connectivity index (χ0v) is 15.9. The molecule has 2 rings (SSSR count). The Morgan fingerprint density at radius 2 is 2.08 bits per heavy atom. The maximum absolute atomic E-state index is 12.4. The Morgan fingerprint density at radius 3 is 2.85 bits per heavy atom. The summed E-state index contributed by atoms with van der Waals surface area (Å²) in [4.78, 5) is 28.1. The number of ether oxygens (including phenoxy) is 2. The molecule has 0 fully saturated rings. The Balaban J connectivity index is 1.91. The molecule has 2 aromatic rings. The lowest BCUT2D eigenvalue weighted by Gasteiger charge is -2.07. The van der Waals surface area contributed by atoms with Gasteiger partial charge in [0.2, 0.25) is 0 Å². The van der Waals surface area contributed by atoms with Gasteiger partial charge in [0.05, 0.1) is 25.3 Å². The predicted molar refractivity (Wildman–Crippen MR) is 102 cm³/mol. The Morgan fingerprint density at radius 1 is 1.23 bits per heavy atom. The first kappa shape index (κ1) is 19.9. The number of carbonyl (C=O) groups excluding carboxylic acids is 2. The molecular formula is C19H24N2O4S. The molecule has 1 heterocycles. The molecule has 6 nitrogen and oxygen atoms in total. The van der Waals surface area contributed by atoms with Gasteiger partial charge in [-0.3, -0.25) is 14.9 Å². The van der Waals surface area contributed by atoms with E-state index in [9.17, 15) is 9.59 Å². The molecule has 0 saturated carbocycles. The highest BCUT2D eigenvalue weighted by Gasteiger charge is 2.12. The second-order valence-electron chi connectivity index (χ2n) is 5.66. The van der Waals surface area contributed by atoms with Crippen molar-refractivity contribution in [2.24, 2.45) is 0 Å². The Hall–Kier alpha value is -2.41. The SMILES string of the molecule is CCCCCOc1cccc(C(=O)Nc2nc(CC(=O)OCC)cs2)c1. The number of unbranched alkanes of at least 4 members (excludes halogenated alkanes) is 2. The Kier molecular flexibility index (Phi) is 8.08. The van der Waals surface area contributed by atoms with Gasteiger partial charge in [-0.25, -0.2) is 4.98 Å². The van der Waals surface area contributed by atoms with Crippen molar-refractivity contribution in [3.05, 3.63) is 40.9 Å². The standard InChI is InChI=1S/C19H24N2O4S/c1-3-5-6-10-25-16-9-7-8-14(11-16)18(23)21-19-20-15(13-26-19)12-17(22)24-4-2/h7-9,11,13H,3-6,10,12H2,1-2H3,(H,20,21,23). The van der Waals surface area contributed by atoms with Gasteiger partial charge in [-0.2, -0.15) is 0 Å². The molecule has 140 valence electrons. The summed E-state index contributed by atoms with van der Waals surface area (Å²) in [5.41, 5.74) is 1.08. The molecule has 7 heteroatoms. The van der Waals surface area contributed by atoms with Crippen LogP contribution in [-0.4, -0.2) is 30.1 Å². The summed E-state index contributed by atoms with van der Waals surface area (Å²) < 4.78 is 10.6. The summed E-state index contributed by atoms with van der Waals surface area (Å²) in [5, 5.41) is 4.93. The van der Waals surface area contributed by atoms with Crippen LogP contribution in [0, 0.1) is 0 Å². The summed E-state index contributed by atoms with van der Waals surface area (Å²) in [5.74, 6) is 0.0838. The van der Waals surface area contributed by atoms with E-state index in [1.54, 1.807) is 30.5 Å². The Bertz CT molecular complexity index is 730. The minimum atomic E-state index is -0.330. The lowest BCUT2D eigenvalue weighted by Crippen LogP contribution is -2.12. The highest BCUT2D eigenvalue weighted by atomic mass is 32.1. The first-order chi connectivity index (χ1) is 12.6. The summed E-state index contributed by atoms with van der Waals surface area (Å²) >= 11 is 1.27. The lowest BCUT2D eigenvalue weighted by molar-refractivity contribution is -0.142. The average Bonchev–Trinajstić information content (AvgIpc) is 3.06. The van der Waals surface area contributed by atoms with Crippen LogP contribution in [0.4, 0.5) is 5.13 Å². The van der Waals surface area contributed by atoms with E-state index in [-0.39, 0.29) is 18.3 Å². The molecular weight excluding hydrogens is 352 g/mol. The van der Waals surface area contributed by atoms with Gasteiger partial charge in [-0.15, -0.1) is 11.3 Å². The van der Waals surface area contributed by atoms with Crippen LogP contribution < -0.4 is 10.1 Å². The van der Waals surface area contributed by atoms with Crippen LogP contribution in [-0.2, 0) is 16.0 Å². The molecule has 0 radical (unpaired) electrons. The lowest BCUT2D eigenvalue weighted by atomic mass is 10.2. The van der Waals surface area contributed by atoms with Crippen LogP contribution in [0.5, 0.6) is 5.75 Å². The number of benzene rings is 1. The van der Waals surface area contributed by atoms with Crippen molar-refractivity contribution < 1.29 is 19.1 Å². The van der Waals surface area contributed by atoms with E-state index >= 15 is 0 Å². The van der Waals surface area contributed by atoms with E-state index in [1.165, 1.54) is 11.3 Å². The molecule has 0 aliphatic carbocycles. The van der Waals surface area contributed by atoms with Crippen molar-refractivity contribution in [1.82, 2.24) is 4.98 Å². The zero-order valence-electron chi connectivity index (χ0n) is 15.1. The first-order valence-corrected chi connectivity index (χ1v) is 9.64. The number of carbonyl (C=O) groups is 2. The molecule has 1 aromatic carbocycles. The van der Waals surface area contributed by atoms with E-state index in [1.807, 2.05) is 6.07 Å². The van der Waals surface area contributed by atoms with Gasteiger partial charge < -0.3 is 9.47 Å². The van der Waals surface area contributed by atoms with Crippen molar-refractivity contribution in [3.63, 3.8) is 0 Å². The topological polar surface area (TPSA) is 77.5 Å². The largest absolute Gasteiger partial charge is 0.494 e. The van der Waals surface area contributed by atoms with Crippen molar-refractivity contribution in [2.75, 3.05) is 18.5 Å². The second-order valence-corrected chi connectivity index (χ2v) is 6.52. The number of nitrogens with one attached hydrogen (secondary N) is 1. The number of aromatic nitrogens is 1. The van der Waals surface area contributed by atoms with Crippen LogP contribution >= 0.6 is 11.3 Å². The molecule has 26 heavy (non-hydrogen) atoms. The van der Waals surface area contributed by atoms with E-state index in [2.05, 4.69) is 17.2 Å². The molecule has 0 spiro atoms. The number of hydrogen-bond donors (Lipinski definition) is 1. The Labute approximate surface area is 157 Å². The maximum atomic E-state index is 12.4. The molecule has 0 unspecified atom stereocenters. The van der Waals surface area contributed by atoms with Crippen molar-refractivity contribution >= 4 is 28.3 Å². The predicted octanol–water partition coefficient (Wildman–Crippen LogP) is 4.07. The summed E-state index contributed by atoms with van der Waals surface area (Å²) in [6.07, 6.45) is 3.35. The quantitative estimate of drug-likeness (QED) is 0.499. The highest BCUT2D eigenvalue weighted by Crippen LogP contribution is 2.19. The number of anilines is 1. The first-order valence-electron chi connectivity index (χ1n) is 8.76. The number of rotatable bonds is 10. The third kappa shape index (κ3) is 6.48. The van der Waals surface area contributed by atoms with Gasteiger partial charge in [0.25, 0.3) is 5.91 Å². The van der Waals surface area contributed by atoms with E-state index in [0.29, 0.717) is 35.4 Å². The highest BCUT2D eigenvalue weighted by molar-refractivity contribution is 7.14. The van der Waals surface area contributed by atoms with Crippen molar-refractivity contribution in [3.8, 4) is 5.75 Å². The van der Waals surface area contributed by atoms with Gasteiger partial charge in [0, 0.05) is 10.9 Å². The maximum Gasteiger partial charge on any atom is 0.311 e. The molecule has 0 bridgehead atoms. The van der Waals surface area contributed by atoms with Gasteiger partial charge in [0.1, 0.15) is 5.75 Å². The summed E-state index contributed by atoms with van der Waals surface area (Å²) in [6.45, 7) is 4.87. The smallest absolute Gasteiger partial charge is 0.311 e. The minimum Gasteiger partial charge on any atom is -0.494 e. The van der Waals surface area contributed by atoms with Gasteiger partial charge in [-0.1, -0.05) is 25.8 Å². The third-order valence-electron chi connectivity index (χ3n) is 3.52. The van der Waals surface area contributed by atoms with E-state index in [4.69, 9.17) is 9.47 Å².